The van der Waals surface area contributed by atoms with Crippen molar-refractivity contribution >= 4 is 23.2 Å². The van der Waals surface area contributed by atoms with Gasteiger partial charge in [-0.3, -0.25) is 9.59 Å². The van der Waals surface area contributed by atoms with Crippen molar-refractivity contribution in [2.75, 3.05) is 23.8 Å². The first-order valence-electron chi connectivity index (χ1n) is 9.07. The zero-order valence-corrected chi connectivity index (χ0v) is 16.5. The van der Waals surface area contributed by atoms with E-state index in [1.165, 1.54) is 0 Å². The number of nitrogens with one attached hydrogen (secondary N) is 3. The summed E-state index contributed by atoms with van der Waals surface area (Å²) in [4.78, 5) is 24.2. The lowest BCUT2D eigenvalue weighted by atomic mass is 10.1. The standard InChI is InChI=1S/C22H27N3O3/c1-5-14-28-19-12-10-17(11-13-19)23-15-20(26)24-18-8-6-16(7-9-18)21(27)25-22(2,3)4/h5-13,23H,1,14-15H2,2-4H3,(H,24,26)(H,25,27). The highest BCUT2D eigenvalue weighted by molar-refractivity contribution is 5.96. The monoisotopic (exact) mass is 381 g/mol. The van der Waals surface area contributed by atoms with E-state index in [1.54, 1.807) is 30.3 Å². The maximum absolute atomic E-state index is 12.1. The van der Waals surface area contributed by atoms with E-state index in [0.717, 1.165) is 11.4 Å². The third-order valence-electron chi connectivity index (χ3n) is 3.59. The predicted molar refractivity (Wildman–Crippen MR) is 113 cm³/mol. The molecule has 0 aliphatic rings. The summed E-state index contributed by atoms with van der Waals surface area (Å²) in [6.07, 6.45) is 1.68. The van der Waals surface area contributed by atoms with Gasteiger partial charge in [0, 0.05) is 22.5 Å². The lowest BCUT2D eigenvalue weighted by Crippen LogP contribution is -2.40. The van der Waals surface area contributed by atoms with Crippen LogP contribution >= 0.6 is 0 Å². The minimum absolute atomic E-state index is 0.124. The summed E-state index contributed by atoms with van der Waals surface area (Å²) in [5.74, 6) is 0.414. The molecule has 0 saturated heterocycles. The van der Waals surface area contributed by atoms with Crippen LogP contribution in [0.5, 0.6) is 5.75 Å². The summed E-state index contributed by atoms with van der Waals surface area (Å²) < 4.78 is 5.41. The first-order chi connectivity index (χ1) is 13.3. The Labute approximate surface area is 166 Å². The van der Waals surface area contributed by atoms with Crippen LogP contribution < -0.4 is 20.7 Å². The molecule has 2 aromatic carbocycles. The molecule has 148 valence electrons. The Morgan fingerprint density at radius 2 is 1.61 bits per heavy atom. The van der Waals surface area contributed by atoms with E-state index in [1.807, 2.05) is 45.0 Å². The van der Waals surface area contributed by atoms with Gasteiger partial charge in [-0.05, 0) is 69.3 Å². The van der Waals surface area contributed by atoms with E-state index in [9.17, 15) is 9.59 Å². The van der Waals surface area contributed by atoms with Gasteiger partial charge in [0.25, 0.3) is 5.91 Å². The summed E-state index contributed by atoms with van der Waals surface area (Å²) in [6.45, 7) is 9.95. The maximum Gasteiger partial charge on any atom is 0.251 e. The molecule has 0 aliphatic heterocycles. The fourth-order valence-electron chi connectivity index (χ4n) is 2.33. The highest BCUT2D eigenvalue weighted by Crippen LogP contribution is 2.16. The normalized spacial score (nSPS) is 10.7. The van der Waals surface area contributed by atoms with Crippen LogP contribution in [0.1, 0.15) is 31.1 Å². The lowest BCUT2D eigenvalue weighted by molar-refractivity contribution is -0.114. The number of carbonyl (C=O) groups excluding carboxylic acids is 2. The molecule has 0 unspecified atom stereocenters. The van der Waals surface area contributed by atoms with E-state index in [2.05, 4.69) is 22.5 Å². The molecule has 2 aromatic rings. The van der Waals surface area contributed by atoms with Gasteiger partial charge in [-0.25, -0.2) is 0 Å². The second kappa shape index (κ2) is 9.60. The minimum atomic E-state index is -0.300. The summed E-state index contributed by atoms with van der Waals surface area (Å²) in [5, 5.41) is 8.75. The Kier molecular flexibility index (Phi) is 7.21. The highest BCUT2D eigenvalue weighted by atomic mass is 16.5. The number of hydrogen-bond acceptors (Lipinski definition) is 4. The van der Waals surface area contributed by atoms with Gasteiger partial charge in [0.2, 0.25) is 5.91 Å². The van der Waals surface area contributed by atoms with Gasteiger partial charge in [-0.1, -0.05) is 12.7 Å². The molecule has 0 fully saturated rings. The first-order valence-corrected chi connectivity index (χ1v) is 9.07. The molecule has 28 heavy (non-hydrogen) atoms. The number of amides is 2. The van der Waals surface area contributed by atoms with Gasteiger partial charge in [-0.15, -0.1) is 0 Å². The Balaban J connectivity index is 1.82. The molecule has 6 nitrogen and oxygen atoms in total. The van der Waals surface area contributed by atoms with Crippen molar-refractivity contribution < 1.29 is 14.3 Å². The molecule has 0 heterocycles. The average Bonchev–Trinajstić information content (AvgIpc) is 2.65. The lowest BCUT2D eigenvalue weighted by Gasteiger charge is -2.20. The highest BCUT2D eigenvalue weighted by Gasteiger charge is 2.15. The van der Waals surface area contributed by atoms with Crippen molar-refractivity contribution in [2.24, 2.45) is 0 Å². The molecule has 2 rings (SSSR count). The maximum atomic E-state index is 12.1. The van der Waals surface area contributed by atoms with Crippen molar-refractivity contribution in [3.63, 3.8) is 0 Å². The molecule has 0 bridgehead atoms. The number of carbonyl (C=O) groups is 2. The van der Waals surface area contributed by atoms with Crippen molar-refractivity contribution in [1.82, 2.24) is 5.32 Å². The summed E-state index contributed by atoms with van der Waals surface area (Å²) >= 11 is 0. The van der Waals surface area contributed by atoms with Crippen LogP contribution in [0.2, 0.25) is 0 Å². The van der Waals surface area contributed by atoms with E-state index in [4.69, 9.17) is 4.74 Å². The average molecular weight is 381 g/mol. The third kappa shape index (κ3) is 7.15. The SMILES string of the molecule is C=CCOc1ccc(NCC(=O)Nc2ccc(C(=O)NC(C)(C)C)cc2)cc1. The van der Waals surface area contributed by atoms with Crippen molar-refractivity contribution in [1.29, 1.82) is 0 Å². The number of benzene rings is 2. The van der Waals surface area contributed by atoms with Crippen molar-refractivity contribution in [3.05, 3.63) is 66.7 Å². The molecule has 2 amide bonds. The van der Waals surface area contributed by atoms with Crippen molar-refractivity contribution in [2.45, 2.75) is 26.3 Å². The number of ether oxygens (including phenoxy) is 1. The van der Waals surface area contributed by atoms with E-state index in [-0.39, 0.29) is 23.9 Å². The largest absolute Gasteiger partial charge is 0.490 e. The zero-order valence-electron chi connectivity index (χ0n) is 16.5. The van der Waals surface area contributed by atoms with Gasteiger partial charge < -0.3 is 20.7 Å². The zero-order chi connectivity index (χ0) is 20.6. The van der Waals surface area contributed by atoms with Crippen LogP contribution in [0.15, 0.2) is 61.2 Å². The fourth-order valence-corrected chi connectivity index (χ4v) is 2.33. The smallest absolute Gasteiger partial charge is 0.251 e. The van der Waals surface area contributed by atoms with Crippen LogP contribution in [0, 0.1) is 0 Å². The molecular weight excluding hydrogens is 354 g/mol. The topological polar surface area (TPSA) is 79.5 Å². The summed E-state index contributed by atoms with van der Waals surface area (Å²) in [5.41, 5.74) is 1.69. The molecule has 0 atom stereocenters. The molecule has 0 spiro atoms. The third-order valence-corrected chi connectivity index (χ3v) is 3.59. The predicted octanol–water partition coefficient (Wildman–Crippen LogP) is 3.83. The number of anilines is 2. The van der Waals surface area contributed by atoms with Gasteiger partial charge >= 0.3 is 0 Å². The number of hydrogen-bond donors (Lipinski definition) is 3. The quantitative estimate of drug-likeness (QED) is 0.607. The van der Waals surface area contributed by atoms with Gasteiger partial charge in [0.15, 0.2) is 0 Å². The summed E-state index contributed by atoms with van der Waals surface area (Å²) in [6, 6.07) is 14.1. The fraction of sp³-hybridized carbons (Fsp3) is 0.273. The van der Waals surface area contributed by atoms with E-state index in [0.29, 0.717) is 17.9 Å². The minimum Gasteiger partial charge on any atom is -0.490 e. The molecule has 0 radical (unpaired) electrons. The molecular formula is C22H27N3O3. The van der Waals surface area contributed by atoms with Crippen LogP contribution in [-0.2, 0) is 4.79 Å². The Bertz CT molecular complexity index is 806. The van der Waals surface area contributed by atoms with Crippen LogP contribution in [0.25, 0.3) is 0 Å². The van der Waals surface area contributed by atoms with Crippen LogP contribution in [0.3, 0.4) is 0 Å². The Hall–Kier alpha value is -3.28. The van der Waals surface area contributed by atoms with Crippen molar-refractivity contribution in [3.8, 4) is 5.75 Å². The molecule has 0 aliphatic carbocycles. The van der Waals surface area contributed by atoms with E-state index < -0.39 is 0 Å². The Morgan fingerprint density at radius 3 is 2.18 bits per heavy atom. The first kappa shape index (κ1) is 21.0. The Morgan fingerprint density at radius 1 is 1.00 bits per heavy atom. The van der Waals surface area contributed by atoms with Gasteiger partial charge in [-0.2, -0.15) is 0 Å². The molecule has 6 heteroatoms. The van der Waals surface area contributed by atoms with Gasteiger partial charge in [0.1, 0.15) is 12.4 Å². The number of rotatable bonds is 8. The second-order valence-corrected chi connectivity index (χ2v) is 7.31. The van der Waals surface area contributed by atoms with E-state index >= 15 is 0 Å². The molecule has 3 N–H and O–H groups in total. The second-order valence-electron chi connectivity index (χ2n) is 7.31. The summed E-state index contributed by atoms with van der Waals surface area (Å²) in [7, 11) is 0. The molecule has 0 aromatic heterocycles. The van der Waals surface area contributed by atoms with Gasteiger partial charge in [0.05, 0.1) is 6.54 Å². The molecule has 0 saturated carbocycles. The van der Waals surface area contributed by atoms with Crippen LogP contribution in [-0.4, -0.2) is 30.5 Å². The van der Waals surface area contributed by atoms with Crippen LogP contribution in [0.4, 0.5) is 11.4 Å².